The van der Waals surface area contributed by atoms with E-state index in [1.54, 1.807) is 0 Å². The van der Waals surface area contributed by atoms with Crippen LogP contribution in [0.3, 0.4) is 0 Å². The number of nitrogens with one attached hydrogen (secondary N) is 1. The van der Waals surface area contributed by atoms with Gasteiger partial charge in [-0.25, -0.2) is 0 Å². The molecule has 0 aromatic heterocycles. The van der Waals surface area contributed by atoms with Crippen molar-refractivity contribution in [1.82, 2.24) is 5.32 Å². The average molecular weight is 204 g/mol. The fourth-order valence-corrected chi connectivity index (χ4v) is 1.16. The highest BCUT2D eigenvalue weighted by Crippen LogP contribution is 1.99. The normalized spacial score (nSPS) is 15.4. The van der Waals surface area contributed by atoms with Crippen molar-refractivity contribution in [3.8, 4) is 0 Å². The standard InChI is InChI=1S/C9H24N4O/c10-5-3-1-2-4-9(12)13-7-8(14)6-11/h8-9,13-14H,1-7,10-12H2. The zero-order valence-electron chi connectivity index (χ0n) is 8.78. The van der Waals surface area contributed by atoms with Crippen LogP contribution >= 0.6 is 0 Å². The molecule has 5 nitrogen and oxygen atoms in total. The van der Waals surface area contributed by atoms with E-state index in [-0.39, 0.29) is 12.7 Å². The van der Waals surface area contributed by atoms with E-state index in [9.17, 15) is 0 Å². The first-order chi connectivity index (χ1) is 6.70. The predicted molar refractivity (Wildman–Crippen MR) is 58.6 cm³/mol. The Hall–Kier alpha value is -0.200. The lowest BCUT2D eigenvalue weighted by atomic mass is 10.1. The molecule has 14 heavy (non-hydrogen) atoms. The van der Waals surface area contributed by atoms with Crippen molar-refractivity contribution in [2.75, 3.05) is 19.6 Å². The number of unbranched alkanes of at least 4 members (excludes halogenated alkanes) is 2. The number of nitrogens with two attached hydrogens (primary N) is 3. The zero-order valence-corrected chi connectivity index (χ0v) is 8.78. The van der Waals surface area contributed by atoms with Crippen LogP contribution in [-0.4, -0.2) is 37.0 Å². The first kappa shape index (κ1) is 13.8. The average Bonchev–Trinajstić information content (AvgIpc) is 2.21. The molecule has 2 atom stereocenters. The second-order valence-electron chi connectivity index (χ2n) is 3.54. The van der Waals surface area contributed by atoms with E-state index in [4.69, 9.17) is 22.3 Å². The molecule has 0 bridgehead atoms. The van der Waals surface area contributed by atoms with E-state index < -0.39 is 6.10 Å². The summed E-state index contributed by atoms with van der Waals surface area (Å²) in [6.45, 7) is 1.48. The highest BCUT2D eigenvalue weighted by Gasteiger charge is 2.04. The Morgan fingerprint density at radius 3 is 2.43 bits per heavy atom. The third-order valence-electron chi connectivity index (χ3n) is 2.11. The van der Waals surface area contributed by atoms with Crippen LogP contribution in [0.15, 0.2) is 0 Å². The highest BCUT2D eigenvalue weighted by molar-refractivity contribution is 4.64. The van der Waals surface area contributed by atoms with Crippen molar-refractivity contribution < 1.29 is 5.11 Å². The van der Waals surface area contributed by atoms with E-state index in [1.165, 1.54) is 0 Å². The maximum absolute atomic E-state index is 9.16. The van der Waals surface area contributed by atoms with Gasteiger partial charge in [0, 0.05) is 13.1 Å². The largest absolute Gasteiger partial charge is 0.390 e. The Balaban J connectivity index is 3.23. The predicted octanol–water partition coefficient (Wildman–Crippen LogP) is -1.30. The summed E-state index contributed by atoms with van der Waals surface area (Å²) >= 11 is 0. The molecule has 0 aliphatic carbocycles. The topological polar surface area (TPSA) is 110 Å². The lowest BCUT2D eigenvalue weighted by Crippen LogP contribution is -2.43. The molecule has 0 aliphatic heterocycles. The molecule has 2 unspecified atom stereocenters. The van der Waals surface area contributed by atoms with Crippen LogP contribution < -0.4 is 22.5 Å². The van der Waals surface area contributed by atoms with Crippen molar-refractivity contribution in [3.63, 3.8) is 0 Å². The van der Waals surface area contributed by atoms with Crippen LogP contribution in [-0.2, 0) is 0 Å². The minimum atomic E-state index is -0.495. The summed E-state index contributed by atoms with van der Waals surface area (Å²) in [4.78, 5) is 0. The van der Waals surface area contributed by atoms with Gasteiger partial charge < -0.3 is 22.3 Å². The molecule has 0 rings (SSSR count). The van der Waals surface area contributed by atoms with Crippen molar-refractivity contribution in [2.45, 2.75) is 38.0 Å². The zero-order chi connectivity index (χ0) is 10.8. The smallest absolute Gasteiger partial charge is 0.0787 e. The van der Waals surface area contributed by atoms with Crippen molar-refractivity contribution in [1.29, 1.82) is 0 Å². The van der Waals surface area contributed by atoms with Gasteiger partial charge in [-0.3, -0.25) is 5.32 Å². The summed E-state index contributed by atoms with van der Waals surface area (Å²) in [6.07, 6.45) is 3.62. The SMILES string of the molecule is NCCCCCC(N)NCC(O)CN. The molecular weight excluding hydrogens is 180 g/mol. The maximum Gasteiger partial charge on any atom is 0.0787 e. The number of aliphatic hydroxyl groups excluding tert-OH is 1. The van der Waals surface area contributed by atoms with E-state index in [1.807, 2.05) is 0 Å². The second kappa shape index (κ2) is 9.36. The quantitative estimate of drug-likeness (QED) is 0.237. The molecule has 0 aliphatic rings. The van der Waals surface area contributed by atoms with Gasteiger partial charge in [-0.2, -0.15) is 0 Å². The molecule has 0 amide bonds. The Kier molecular flexibility index (Phi) is 9.23. The molecule has 0 aromatic carbocycles. The highest BCUT2D eigenvalue weighted by atomic mass is 16.3. The molecule has 0 spiro atoms. The van der Waals surface area contributed by atoms with Gasteiger partial charge in [-0.1, -0.05) is 12.8 Å². The maximum atomic E-state index is 9.16. The summed E-state index contributed by atoms with van der Waals surface area (Å²) in [5.41, 5.74) is 16.4. The second-order valence-corrected chi connectivity index (χ2v) is 3.54. The van der Waals surface area contributed by atoms with Gasteiger partial charge in [0.25, 0.3) is 0 Å². The van der Waals surface area contributed by atoms with Gasteiger partial charge >= 0.3 is 0 Å². The molecule has 0 fully saturated rings. The fourth-order valence-electron chi connectivity index (χ4n) is 1.16. The minimum Gasteiger partial charge on any atom is -0.390 e. The third kappa shape index (κ3) is 8.40. The Morgan fingerprint density at radius 2 is 1.86 bits per heavy atom. The molecule has 0 radical (unpaired) electrons. The van der Waals surface area contributed by atoms with Crippen LogP contribution in [0, 0.1) is 0 Å². The number of aliphatic hydroxyl groups is 1. The molecule has 0 saturated carbocycles. The number of rotatable bonds is 9. The number of hydrogen-bond acceptors (Lipinski definition) is 5. The van der Waals surface area contributed by atoms with Crippen molar-refractivity contribution in [2.24, 2.45) is 17.2 Å². The van der Waals surface area contributed by atoms with Crippen LogP contribution in [0.1, 0.15) is 25.7 Å². The van der Waals surface area contributed by atoms with Crippen LogP contribution in [0.5, 0.6) is 0 Å². The van der Waals surface area contributed by atoms with Gasteiger partial charge in [-0.15, -0.1) is 0 Å². The van der Waals surface area contributed by atoms with Gasteiger partial charge in [0.15, 0.2) is 0 Å². The van der Waals surface area contributed by atoms with Gasteiger partial charge in [0.2, 0.25) is 0 Å². The minimum absolute atomic E-state index is 0.0472. The summed E-state index contributed by atoms with van der Waals surface area (Å²) in [6, 6.07) is 0. The summed E-state index contributed by atoms with van der Waals surface area (Å²) < 4.78 is 0. The fraction of sp³-hybridized carbons (Fsp3) is 1.00. The molecular formula is C9H24N4O. The molecule has 0 aromatic rings. The third-order valence-corrected chi connectivity index (χ3v) is 2.11. The monoisotopic (exact) mass is 204 g/mol. The molecule has 5 heteroatoms. The van der Waals surface area contributed by atoms with E-state index in [0.29, 0.717) is 6.54 Å². The molecule has 0 heterocycles. The Morgan fingerprint density at radius 1 is 1.14 bits per heavy atom. The summed E-state index contributed by atoms with van der Waals surface area (Å²) in [5, 5.41) is 12.2. The van der Waals surface area contributed by atoms with Crippen molar-refractivity contribution in [3.05, 3.63) is 0 Å². The van der Waals surface area contributed by atoms with Crippen LogP contribution in [0.25, 0.3) is 0 Å². The summed E-state index contributed by atoms with van der Waals surface area (Å²) in [7, 11) is 0. The first-order valence-electron chi connectivity index (χ1n) is 5.28. The molecule has 86 valence electrons. The first-order valence-corrected chi connectivity index (χ1v) is 5.28. The number of hydrogen-bond donors (Lipinski definition) is 5. The van der Waals surface area contributed by atoms with E-state index in [2.05, 4.69) is 5.32 Å². The van der Waals surface area contributed by atoms with Crippen LogP contribution in [0.2, 0.25) is 0 Å². The van der Waals surface area contributed by atoms with Gasteiger partial charge in [0.1, 0.15) is 0 Å². The Bertz CT molecular complexity index is 123. The summed E-state index contributed by atoms with van der Waals surface area (Å²) in [5.74, 6) is 0. The van der Waals surface area contributed by atoms with Crippen molar-refractivity contribution >= 4 is 0 Å². The van der Waals surface area contributed by atoms with E-state index in [0.717, 1.165) is 32.2 Å². The molecule has 0 saturated heterocycles. The lowest BCUT2D eigenvalue weighted by Gasteiger charge is -2.15. The van der Waals surface area contributed by atoms with Gasteiger partial charge in [-0.05, 0) is 19.4 Å². The lowest BCUT2D eigenvalue weighted by molar-refractivity contribution is 0.174. The molecule has 8 N–H and O–H groups in total. The van der Waals surface area contributed by atoms with E-state index >= 15 is 0 Å². The Labute approximate surface area is 86.0 Å². The van der Waals surface area contributed by atoms with Crippen LogP contribution in [0.4, 0.5) is 0 Å². The van der Waals surface area contributed by atoms with Gasteiger partial charge in [0.05, 0.1) is 12.3 Å².